The summed E-state index contributed by atoms with van der Waals surface area (Å²) >= 11 is 0. The lowest BCUT2D eigenvalue weighted by molar-refractivity contribution is 0.201. The molecule has 0 atom stereocenters. The highest BCUT2D eigenvalue weighted by Crippen LogP contribution is 2.17. The molecule has 2 amide bonds. The number of amides is 2. The van der Waals surface area contributed by atoms with Gasteiger partial charge >= 0.3 is 6.03 Å². The molecule has 0 radical (unpaired) electrons. The van der Waals surface area contributed by atoms with Gasteiger partial charge < -0.3 is 10.2 Å². The van der Waals surface area contributed by atoms with Crippen molar-refractivity contribution in [2.75, 3.05) is 32.7 Å². The fourth-order valence-corrected chi connectivity index (χ4v) is 4.47. The van der Waals surface area contributed by atoms with E-state index in [0.29, 0.717) is 26.1 Å². The summed E-state index contributed by atoms with van der Waals surface area (Å²) in [6.07, 6.45) is 0.592. The zero-order valence-electron chi connectivity index (χ0n) is 15.5. The summed E-state index contributed by atoms with van der Waals surface area (Å²) in [7, 11) is -3.53. The highest BCUT2D eigenvalue weighted by atomic mass is 32.2. The predicted octanol–water partition coefficient (Wildman–Crippen LogP) is 2.14. The van der Waals surface area contributed by atoms with E-state index in [1.165, 1.54) is 4.31 Å². The van der Waals surface area contributed by atoms with Crippen molar-refractivity contribution in [2.45, 2.75) is 11.3 Å². The van der Waals surface area contributed by atoms with Gasteiger partial charge in [-0.05, 0) is 30.7 Å². The third kappa shape index (κ3) is 5.12. The third-order valence-corrected chi connectivity index (χ3v) is 6.37. The van der Waals surface area contributed by atoms with Crippen LogP contribution in [0.4, 0.5) is 4.79 Å². The second kappa shape index (κ2) is 9.40. The van der Waals surface area contributed by atoms with E-state index in [9.17, 15) is 13.2 Å². The van der Waals surface area contributed by atoms with Crippen molar-refractivity contribution in [3.05, 3.63) is 66.2 Å². The maximum Gasteiger partial charge on any atom is 0.318 e. The van der Waals surface area contributed by atoms with Crippen molar-refractivity contribution in [2.24, 2.45) is 0 Å². The van der Waals surface area contributed by atoms with Crippen LogP contribution in [-0.4, -0.2) is 56.4 Å². The highest BCUT2D eigenvalue weighted by Gasteiger charge is 2.27. The molecule has 0 aromatic heterocycles. The van der Waals surface area contributed by atoms with Gasteiger partial charge in [0.2, 0.25) is 10.0 Å². The molecule has 7 heteroatoms. The molecule has 0 spiro atoms. The maximum atomic E-state index is 12.8. The SMILES string of the molecule is O=C(NCC#Cc1ccccc1)N1CCCN(S(=O)(=O)c2ccccc2)CC1. The van der Waals surface area contributed by atoms with E-state index in [1.54, 1.807) is 35.2 Å². The minimum Gasteiger partial charge on any atom is -0.327 e. The number of nitrogens with zero attached hydrogens (tertiary/aromatic N) is 2. The molecule has 146 valence electrons. The molecule has 6 nitrogen and oxygen atoms in total. The van der Waals surface area contributed by atoms with Crippen molar-refractivity contribution >= 4 is 16.1 Å². The fourth-order valence-electron chi connectivity index (χ4n) is 2.98. The second-order valence-electron chi connectivity index (χ2n) is 6.38. The zero-order valence-corrected chi connectivity index (χ0v) is 16.4. The van der Waals surface area contributed by atoms with Crippen LogP contribution >= 0.6 is 0 Å². The smallest absolute Gasteiger partial charge is 0.318 e. The molecule has 0 unspecified atom stereocenters. The first-order chi connectivity index (χ1) is 13.6. The Morgan fingerprint density at radius 1 is 0.929 bits per heavy atom. The van der Waals surface area contributed by atoms with Crippen LogP contribution in [0.3, 0.4) is 0 Å². The van der Waals surface area contributed by atoms with Gasteiger partial charge in [-0.25, -0.2) is 13.2 Å². The molecule has 0 aliphatic carbocycles. The quantitative estimate of drug-likeness (QED) is 0.807. The Bertz CT molecular complexity index is 951. The predicted molar refractivity (Wildman–Crippen MR) is 108 cm³/mol. The van der Waals surface area contributed by atoms with Crippen molar-refractivity contribution in [1.82, 2.24) is 14.5 Å². The fraction of sp³-hybridized carbons (Fsp3) is 0.286. The molecule has 1 aliphatic rings. The van der Waals surface area contributed by atoms with Crippen LogP contribution in [-0.2, 0) is 10.0 Å². The summed E-state index contributed by atoms with van der Waals surface area (Å²) in [5.41, 5.74) is 0.897. The lowest BCUT2D eigenvalue weighted by atomic mass is 10.2. The largest absolute Gasteiger partial charge is 0.327 e. The number of benzene rings is 2. The molecular formula is C21H23N3O3S. The lowest BCUT2D eigenvalue weighted by Crippen LogP contribution is -2.42. The van der Waals surface area contributed by atoms with Gasteiger partial charge in [-0.2, -0.15) is 4.31 Å². The van der Waals surface area contributed by atoms with E-state index in [4.69, 9.17) is 0 Å². The third-order valence-electron chi connectivity index (χ3n) is 4.46. The van der Waals surface area contributed by atoms with Crippen molar-refractivity contribution in [3.63, 3.8) is 0 Å². The van der Waals surface area contributed by atoms with Crippen LogP contribution in [0.5, 0.6) is 0 Å². The average molecular weight is 398 g/mol. The van der Waals surface area contributed by atoms with E-state index in [-0.39, 0.29) is 24.0 Å². The molecule has 1 aliphatic heterocycles. The molecular weight excluding hydrogens is 374 g/mol. The number of sulfonamides is 1. The second-order valence-corrected chi connectivity index (χ2v) is 8.32. The monoisotopic (exact) mass is 397 g/mol. The Hall–Kier alpha value is -2.82. The first kappa shape index (κ1) is 19.9. The van der Waals surface area contributed by atoms with E-state index in [1.807, 2.05) is 30.3 Å². The average Bonchev–Trinajstić information content (AvgIpc) is 2.99. The van der Waals surface area contributed by atoms with Crippen LogP contribution in [0, 0.1) is 11.8 Å². The van der Waals surface area contributed by atoms with E-state index in [2.05, 4.69) is 17.2 Å². The van der Waals surface area contributed by atoms with Gasteiger partial charge in [0.1, 0.15) is 0 Å². The molecule has 1 heterocycles. The topological polar surface area (TPSA) is 69.7 Å². The van der Waals surface area contributed by atoms with Crippen LogP contribution in [0.1, 0.15) is 12.0 Å². The van der Waals surface area contributed by atoms with Crippen molar-refractivity contribution in [1.29, 1.82) is 0 Å². The summed E-state index contributed by atoms with van der Waals surface area (Å²) in [6.45, 7) is 1.79. The number of carbonyl (C=O) groups is 1. The van der Waals surface area contributed by atoms with Gasteiger partial charge in [0, 0.05) is 31.7 Å². The van der Waals surface area contributed by atoms with Gasteiger partial charge in [0.05, 0.1) is 11.4 Å². The van der Waals surface area contributed by atoms with Crippen molar-refractivity contribution < 1.29 is 13.2 Å². The Morgan fingerprint density at radius 3 is 2.32 bits per heavy atom. The first-order valence-electron chi connectivity index (χ1n) is 9.19. The molecule has 1 fully saturated rings. The van der Waals surface area contributed by atoms with Crippen LogP contribution in [0.2, 0.25) is 0 Å². The summed E-state index contributed by atoms with van der Waals surface area (Å²) in [6, 6.07) is 17.7. The molecule has 1 saturated heterocycles. The summed E-state index contributed by atoms with van der Waals surface area (Å²) in [5, 5.41) is 2.78. The zero-order chi connectivity index (χ0) is 19.8. The number of hydrogen-bond acceptors (Lipinski definition) is 3. The lowest BCUT2D eigenvalue weighted by Gasteiger charge is -2.22. The van der Waals surface area contributed by atoms with E-state index >= 15 is 0 Å². The van der Waals surface area contributed by atoms with Gasteiger partial charge in [-0.15, -0.1) is 0 Å². The van der Waals surface area contributed by atoms with Crippen LogP contribution < -0.4 is 5.32 Å². The number of hydrogen-bond donors (Lipinski definition) is 1. The summed E-state index contributed by atoms with van der Waals surface area (Å²) < 4.78 is 27.0. The minimum atomic E-state index is -3.53. The van der Waals surface area contributed by atoms with Gasteiger partial charge in [0.15, 0.2) is 0 Å². The molecule has 3 rings (SSSR count). The Kier molecular flexibility index (Phi) is 6.69. The molecule has 0 bridgehead atoms. The number of urea groups is 1. The minimum absolute atomic E-state index is 0.221. The highest BCUT2D eigenvalue weighted by molar-refractivity contribution is 7.89. The number of nitrogens with one attached hydrogen (secondary N) is 1. The standard InChI is InChI=1S/C21H23N3O3S/c25-21(22-14-7-11-19-9-3-1-4-10-19)23-15-8-16-24(18-17-23)28(26,27)20-12-5-2-6-13-20/h1-6,9-10,12-13H,8,14-18H2,(H,22,25). The van der Waals surface area contributed by atoms with Crippen LogP contribution in [0.15, 0.2) is 65.6 Å². The van der Waals surface area contributed by atoms with Gasteiger partial charge in [0.25, 0.3) is 0 Å². The molecule has 28 heavy (non-hydrogen) atoms. The van der Waals surface area contributed by atoms with E-state index < -0.39 is 10.0 Å². The Labute approximate surface area is 166 Å². The Balaban J connectivity index is 1.53. The number of rotatable bonds is 3. The van der Waals surface area contributed by atoms with Gasteiger partial charge in [-0.3, -0.25) is 0 Å². The summed E-state index contributed by atoms with van der Waals surface area (Å²) in [5.74, 6) is 5.92. The molecule has 0 saturated carbocycles. The van der Waals surface area contributed by atoms with Gasteiger partial charge in [-0.1, -0.05) is 48.2 Å². The van der Waals surface area contributed by atoms with E-state index in [0.717, 1.165) is 5.56 Å². The maximum absolute atomic E-state index is 12.8. The van der Waals surface area contributed by atoms with Crippen LogP contribution in [0.25, 0.3) is 0 Å². The molecule has 2 aromatic rings. The normalized spacial score (nSPS) is 15.2. The first-order valence-corrected chi connectivity index (χ1v) is 10.6. The summed E-state index contributed by atoms with van der Waals surface area (Å²) in [4.78, 5) is 14.3. The molecule has 2 aromatic carbocycles. The van der Waals surface area contributed by atoms with Crippen molar-refractivity contribution in [3.8, 4) is 11.8 Å². The number of carbonyl (C=O) groups excluding carboxylic acids is 1. The Morgan fingerprint density at radius 2 is 1.61 bits per heavy atom. The molecule has 1 N–H and O–H groups in total.